The van der Waals surface area contributed by atoms with Crippen molar-refractivity contribution in [3.63, 3.8) is 0 Å². The Bertz CT molecular complexity index is 416. The number of halogens is 1. The number of benzene rings is 1. The van der Waals surface area contributed by atoms with E-state index in [1.165, 1.54) is 0 Å². The van der Waals surface area contributed by atoms with Crippen LogP contribution in [0.3, 0.4) is 0 Å². The van der Waals surface area contributed by atoms with Gasteiger partial charge in [-0.3, -0.25) is 0 Å². The molecule has 18 heavy (non-hydrogen) atoms. The highest BCUT2D eigenvalue weighted by atomic mass is 79.9. The smallest absolute Gasteiger partial charge is 0.335 e. The maximum absolute atomic E-state index is 11.0. The molecular formula is C14H20BrNO2. The van der Waals surface area contributed by atoms with Gasteiger partial charge in [0.1, 0.15) is 0 Å². The molecule has 0 radical (unpaired) electrons. The zero-order valence-electron chi connectivity index (χ0n) is 11.0. The number of aromatic carboxylic acids is 1. The summed E-state index contributed by atoms with van der Waals surface area (Å²) in [6, 6.07) is 5.52. The quantitative estimate of drug-likeness (QED) is 0.819. The Balaban J connectivity index is 2.87. The summed E-state index contributed by atoms with van der Waals surface area (Å²) in [5.74, 6) is -0.313. The van der Waals surface area contributed by atoms with Gasteiger partial charge in [0.15, 0.2) is 0 Å². The van der Waals surface area contributed by atoms with Crippen molar-refractivity contribution in [1.29, 1.82) is 0 Å². The van der Waals surface area contributed by atoms with E-state index in [0.717, 1.165) is 23.0 Å². The molecule has 0 amide bonds. The summed E-state index contributed by atoms with van der Waals surface area (Å²) in [7, 11) is 0. The first kappa shape index (κ1) is 15.0. The van der Waals surface area contributed by atoms with Crippen molar-refractivity contribution in [2.24, 2.45) is 5.92 Å². The standard InChI is InChI=1S/C14H20BrNO2/c1-4-10(5-2)9(3)16-13-7-11(14(17)18)6-12(15)8-13/h6-10,16H,4-5H2,1-3H3,(H,17,18). The molecule has 0 aromatic heterocycles. The van der Waals surface area contributed by atoms with Crippen LogP contribution in [0.15, 0.2) is 22.7 Å². The molecule has 0 aliphatic heterocycles. The zero-order chi connectivity index (χ0) is 13.7. The lowest BCUT2D eigenvalue weighted by Crippen LogP contribution is -2.25. The number of carbonyl (C=O) groups is 1. The lowest BCUT2D eigenvalue weighted by molar-refractivity contribution is 0.0697. The molecule has 1 aromatic carbocycles. The Hall–Kier alpha value is -1.03. The van der Waals surface area contributed by atoms with Crippen LogP contribution in [0, 0.1) is 5.92 Å². The van der Waals surface area contributed by atoms with Crippen LogP contribution in [0.5, 0.6) is 0 Å². The van der Waals surface area contributed by atoms with E-state index in [4.69, 9.17) is 5.11 Å². The molecule has 0 aliphatic rings. The molecule has 0 fully saturated rings. The third kappa shape index (κ3) is 4.02. The summed E-state index contributed by atoms with van der Waals surface area (Å²) in [5, 5.41) is 12.4. The maximum Gasteiger partial charge on any atom is 0.335 e. The Kier molecular flexibility index (Phi) is 5.66. The van der Waals surface area contributed by atoms with Crippen LogP contribution in [0.4, 0.5) is 5.69 Å². The largest absolute Gasteiger partial charge is 0.478 e. The minimum atomic E-state index is -0.908. The molecule has 4 heteroatoms. The van der Waals surface area contributed by atoms with Gasteiger partial charge in [-0.05, 0) is 31.0 Å². The SMILES string of the molecule is CCC(CC)C(C)Nc1cc(Br)cc(C(=O)O)c1. The van der Waals surface area contributed by atoms with Crippen LogP contribution in [0.25, 0.3) is 0 Å². The summed E-state index contributed by atoms with van der Waals surface area (Å²) in [5.41, 5.74) is 1.14. The fourth-order valence-electron chi connectivity index (χ4n) is 2.17. The molecule has 0 saturated carbocycles. The molecular weight excluding hydrogens is 294 g/mol. The third-order valence-electron chi connectivity index (χ3n) is 3.29. The maximum atomic E-state index is 11.0. The number of hydrogen-bond donors (Lipinski definition) is 2. The number of anilines is 1. The second-order valence-electron chi connectivity index (χ2n) is 4.54. The van der Waals surface area contributed by atoms with Gasteiger partial charge in [0.2, 0.25) is 0 Å². The van der Waals surface area contributed by atoms with Crippen LogP contribution in [0.1, 0.15) is 44.0 Å². The molecule has 0 aliphatic carbocycles. The molecule has 2 N–H and O–H groups in total. The molecule has 1 aromatic rings. The van der Waals surface area contributed by atoms with Gasteiger partial charge in [-0.25, -0.2) is 4.79 Å². The molecule has 100 valence electrons. The first-order valence-electron chi connectivity index (χ1n) is 6.28. The van der Waals surface area contributed by atoms with Gasteiger partial charge in [-0.2, -0.15) is 0 Å². The van der Waals surface area contributed by atoms with Crippen LogP contribution in [0.2, 0.25) is 0 Å². The Morgan fingerprint density at radius 3 is 2.44 bits per heavy atom. The van der Waals surface area contributed by atoms with Crippen LogP contribution in [-0.4, -0.2) is 17.1 Å². The normalized spacial score (nSPS) is 12.5. The Morgan fingerprint density at radius 1 is 1.33 bits per heavy atom. The molecule has 0 bridgehead atoms. The molecule has 0 spiro atoms. The van der Waals surface area contributed by atoms with Gasteiger partial charge in [-0.15, -0.1) is 0 Å². The molecule has 0 heterocycles. The topological polar surface area (TPSA) is 49.3 Å². The van der Waals surface area contributed by atoms with Crippen molar-refractivity contribution < 1.29 is 9.90 Å². The third-order valence-corrected chi connectivity index (χ3v) is 3.75. The average molecular weight is 314 g/mol. The molecule has 1 unspecified atom stereocenters. The van der Waals surface area contributed by atoms with E-state index < -0.39 is 5.97 Å². The summed E-state index contributed by atoms with van der Waals surface area (Å²) in [4.78, 5) is 11.0. The average Bonchev–Trinajstić information content (AvgIpc) is 2.29. The molecule has 1 atom stereocenters. The lowest BCUT2D eigenvalue weighted by atomic mass is 9.95. The van der Waals surface area contributed by atoms with Crippen LogP contribution >= 0.6 is 15.9 Å². The molecule has 1 rings (SSSR count). The number of carboxylic acid groups (broad SMARTS) is 1. The van der Waals surface area contributed by atoms with E-state index >= 15 is 0 Å². The van der Waals surface area contributed by atoms with Crippen LogP contribution < -0.4 is 5.32 Å². The first-order chi connectivity index (χ1) is 8.47. The predicted molar refractivity (Wildman–Crippen MR) is 78.3 cm³/mol. The Labute approximate surface area is 117 Å². The van der Waals surface area contributed by atoms with E-state index in [9.17, 15) is 4.79 Å². The van der Waals surface area contributed by atoms with Gasteiger partial charge in [0.25, 0.3) is 0 Å². The predicted octanol–water partition coefficient (Wildman–Crippen LogP) is 4.38. The van der Waals surface area contributed by atoms with Gasteiger partial charge in [-0.1, -0.05) is 42.6 Å². The van der Waals surface area contributed by atoms with Crippen molar-refractivity contribution in [3.05, 3.63) is 28.2 Å². The fraction of sp³-hybridized carbons (Fsp3) is 0.500. The fourth-order valence-corrected chi connectivity index (χ4v) is 2.67. The van der Waals surface area contributed by atoms with Crippen LogP contribution in [-0.2, 0) is 0 Å². The van der Waals surface area contributed by atoms with E-state index in [0.29, 0.717) is 17.5 Å². The van der Waals surface area contributed by atoms with E-state index in [1.807, 2.05) is 6.07 Å². The first-order valence-corrected chi connectivity index (χ1v) is 7.07. The number of nitrogens with one attached hydrogen (secondary N) is 1. The highest BCUT2D eigenvalue weighted by Gasteiger charge is 2.14. The van der Waals surface area contributed by atoms with Gasteiger partial charge in [0.05, 0.1) is 5.56 Å². The van der Waals surface area contributed by atoms with Crippen molar-refractivity contribution in [2.45, 2.75) is 39.7 Å². The van der Waals surface area contributed by atoms with Crippen molar-refractivity contribution in [1.82, 2.24) is 0 Å². The summed E-state index contributed by atoms with van der Waals surface area (Å²) in [6.45, 7) is 6.49. The van der Waals surface area contributed by atoms with Gasteiger partial charge < -0.3 is 10.4 Å². The summed E-state index contributed by atoms with van der Waals surface area (Å²) >= 11 is 3.34. The van der Waals surface area contributed by atoms with Crippen molar-refractivity contribution in [2.75, 3.05) is 5.32 Å². The second-order valence-corrected chi connectivity index (χ2v) is 5.46. The minimum absolute atomic E-state index is 0.295. The van der Waals surface area contributed by atoms with Gasteiger partial charge in [0, 0.05) is 16.2 Å². The Morgan fingerprint density at radius 2 is 1.94 bits per heavy atom. The minimum Gasteiger partial charge on any atom is -0.478 e. The number of hydrogen-bond acceptors (Lipinski definition) is 2. The zero-order valence-corrected chi connectivity index (χ0v) is 12.6. The number of carboxylic acids is 1. The molecule has 0 saturated heterocycles. The van der Waals surface area contributed by atoms with Crippen molar-refractivity contribution >= 4 is 27.6 Å². The second kappa shape index (κ2) is 6.78. The highest BCUT2D eigenvalue weighted by Crippen LogP contribution is 2.23. The molecule has 3 nitrogen and oxygen atoms in total. The summed E-state index contributed by atoms with van der Waals surface area (Å²) < 4.78 is 0.779. The summed E-state index contributed by atoms with van der Waals surface area (Å²) in [6.07, 6.45) is 2.23. The lowest BCUT2D eigenvalue weighted by Gasteiger charge is -2.23. The monoisotopic (exact) mass is 313 g/mol. The van der Waals surface area contributed by atoms with Crippen molar-refractivity contribution in [3.8, 4) is 0 Å². The van der Waals surface area contributed by atoms with Gasteiger partial charge >= 0.3 is 5.97 Å². The van der Waals surface area contributed by atoms with E-state index in [1.54, 1.807) is 12.1 Å². The number of rotatable bonds is 6. The highest BCUT2D eigenvalue weighted by molar-refractivity contribution is 9.10. The van der Waals surface area contributed by atoms with E-state index in [-0.39, 0.29) is 0 Å². The van der Waals surface area contributed by atoms with E-state index in [2.05, 4.69) is 42.0 Å².